The zero-order valence-corrected chi connectivity index (χ0v) is 16.7. The molecular weight excluding hydrogens is 399 g/mol. The van der Waals surface area contributed by atoms with Gasteiger partial charge in [-0.05, 0) is 38.1 Å². The lowest BCUT2D eigenvalue weighted by atomic mass is 10.1. The number of nitrogens with zero attached hydrogens (tertiary/aromatic N) is 3. The zero-order chi connectivity index (χ0) is 21.5. The Morgan fingerprint density at radius 1 is 1.20 bits per heavy atom. The lowest BCUT2D eigenvalue weighted by Gasteiger charge is -2.21. The van der Waals surface area contributed by atoms with E-state index in [2.05, 4.69) is 10.1 Å². The maximum atomic E-state index is 13.2. The highest BCUT2D eigenvalue weighted by Crippen LogP contribution is 2.39. The lowest BCUT2D eigenvalue weighted by molar-refractivity contribution is -0.138. The second-order valence-electron chi connectivity index (χ2n) is 7.09. The Morgan fingerprint density at radius 3 is 2.67 bits per heavy atom. The zero-order valence-electron chi connectivity index (χ0n) is 16.7. The summed E-state index contributed by atoms with van der Waals surface area (Å²) in [6, 6.07) is 7.29. The largest absolute Gasteiger partial charge is 0.496 e. The van der Waals surface area contributed by atoms with E-state index in [1.165, 1.54) is 19.2 Å². The molecule has 4 rings (SSSR count). The van der Waals surface area contributed by atoms with Crippen molar-refractivity contribution in [1.29, 1.82) is 0 Å². The minimum absolute atomic E-state index is 0.0572. The summed E-state index contributed by atoms with van der Waals surface area (Å²) in [6.45, 7) is 4.09. The highest BCUT2D eigenvalue weighted by Gasteiger charge is 2.35. The van der Waals surface area contributed by atoms with Gasteiger partial charge in [-0.2, -0.15) is 13.2 Å². The van der Waals surface area contributed by atoms with Gasteiger partial charge in [0, 0.05) is 18.2 Å². The van der Waals surface area contributed by atoms with Crippen LogP contribution in [0.15, 0.2) is 36.5 Å². The third-order valence-corrected chi connectivity index (χ3v) is 4.88. The maximum Gasteiger partial charge on any atom is 0.419 e. The highest BCUT2D eigenvalue weighted by atomic mass is 19.4. The lowest BCUT2D eigenvalue weighted by Crippen LogP contribution is -2.21. The van der Waals surface area contributed by atoms with Crippen molar-refractivity contribution < 1.29 is 27.4 Å². The summed E-state index contributed by atoms with van der Waals surface area (Å²) >= 11 is 0. The smallest absolute Gasteiger partial charge is 0.419 e. The average Bonchev–Trinajstić information content (AvgIpc) is 3.06. The molecule has 6 nitrogen and oxygen atoms in total. The monoisotopic (exact) mass is 419 g/mol. The second-order valence-corrected chi connectivity index (χ2v) is 7.09. The standard InChI is InChI=1S/C21H20F3N3O3/c1-12-4-6-15(10-25-12)30-20-16-11-29-13(2)8-18(16)27(26-20)14-5-7-17(21(22,23)24)19(9-14)28-3/h4-7,9-10,13H,8,11H2,1-3H3/t13-/m1/s1. The number of aryl methyl sites for hydroxylation is 1. The van der Waals surface area contributed by atoms with Crippen molar-refractivity contribution in [2.75, 3.05) is 7.11 Å². The maximum absolute atomic E-state index is 13.2. The fourth-order valence-electron chi connectivity index (χ4n) is 3.34. The Bertz CT molecular complexity index is 1060. The van der Waals surface area contributed by atoms with Crippen molar-refractivity contribution in [3.8, 4) is 23.1 Å². The Hall–Kier alpha value is -3.07. The van der Waals surface area contributed by atoms with Gasteiger partial charge in [0.25, 0.3) is 0 Å². The number of fused-ring (bicyclic) bond motifs is 1. The van der Waals surface area contributed by atoms with E-state index in [1.807, 2.05) is 19.9 Å². The first kappa shape index (κ1) is 20.2. The first-order chi connectivity index (χ1) is 14.3. The molecule has 9 heteroatoms. The Morgan fingerprint density at radius 2 is 2.00 bits per heavy atom. The van der Waals surface area contributed by atoms with Crippen molar-refractivity contribution in [3.63, 3.8) is 0 Å². The van der Waals surface area contributed by atoms with Crippen molar-refractivity contribution >= 4 is 0 Å². The Kier molecular flexibility index (Phi) is 5.15. The van der Waals surface area contributed by atoms with E-state index in [0.717, 1.165) is 23.0 Å². The molecule has 0 amide bonds. The summed E-state index contributed by atoms with van der Waals surface area (Å²) in [6.07, 6.45) is -2.43. The van der Waals surface area contributed by atoms with Crippen LogP contribution >= 0.6 is 0 Å². The van der Waals surface area contributed by atoms with Crippen LogP contribution in [0, 0.1) is 6.92 Å². The first-order valence-corrected chi connectivity index (χ1v) is 9.34. The van der Waals surface area contributed by atoms with Crippen LogP contribution in [0.3, 0.4) is 0 Å². The van der Waals surface area contributed by atoms with Crippen molar-refractivity contribution in [3.05, 3.63) is 59.0 Å². The van der Waals surface area contributed by atoms with Crippen LogP contribution in [0.2, 0.25) is 0 Å². The van der Waals surface area contributed by atoms with E-state index in [9.17, 15) is 13.2 Å². The average molecular weight is 419 g/mol. The Balaban J connectivity index is 1.78. The number of pyridine rings is 1. The molecule has 0 aliphatic carbocycles. The van der Waals surface area contributed by atoms with Crippen LogP contribution < -0.4 is 9.47 Å². The molecule has 1 aliphatic rings. The Labute approximate surface area is 171 Å². The van der Waals surface area contributed by atoms with Crippen molar-refractivity contribution in [2.45, 2.75) is 39.2 Å². The van der Waals surface area contributed by atoms with Gasteiger partial charge in [0.2, 0.25) is 5.88 Å². The molecule has 1 atom stereocenters. The first-order valence-electron chi connectivity index (χ1n) is 9.34. The van der Waals surface area contributed by atoms with Crippen molar-refractivity contribution in [2.24, 2.45) is 0 Å². The van der Waals surface area contributed by atoms with E-state index in [0.29, 0.717) is 30.3 Å². The summed E-state index contributed by atoms with van der Waals surface area (Å²) < 4.78 is 57.9. The molecule has 0 saturated heterocycles. The molecule has 0 N–H and O–H groups in total. The van der Waals surface area contributed by atoms with Crippen molar-refractivity contribution in [1.82, 2.24) is 14.8 Å². The molecule has 1 aliphatic heterocycles. The predicted octanol–water partition coefficient (Wildman–Crippen LogP) is 4.86. The highest BCUT2D eigenvalue weighted by molar-refractivity contribution is 5.49. The molecule has 1 aromatic carbocycles. The van der Waals surface area contributed by atoms with Gasteiger partial charge in [-0.25, -0.2) is 4.68 Å². The predicted molar refractivity (Wildman–Crippen MR) is 102 cm³/mol. The van der Waals surface area contributed by atoms with Gasteiger partial charge in [-0.3, -0.25) is 4.98 Å². The van der Waals surface area contributed by atoms with Gasteiger partial charge in [-0.15, -0.1) is 5.10 Å². The summed E-state index contributed by atoms with van der Waals surface area (Å²) in [7, 11) is 1.21. The fraction of sp³-hybridized carbons (Fsp3) is 0.333. The molecule has 0 unspecified atom stereocenters. The van der Waals surface area contributed by atoms with E-state index >= 15 is 0 Å². The summed E-state index contributed by atoms with van der Waals surface area (Å²) in [5, 5.41) is 4.53. The quantitative estimate of drug-likeness (QED) is 0.605. The van der Waals surface area contributed by atoms with E-state index in [-0.39, 0.29) is 11.9 Å². The molecule has 0 radical (unpaired) electrons. The minimum Gasteiger partial charge on any atom is -0.496 e. The summed E-state index contributed by atoms with van der Waals surface area (Å²) in [5.74, 6) is 0.577. The number of halogens is 3. The summed E-state index contributed by atoms with van der Waals surface area (Å²) in [5.41, 5.74) is 2.04. The van der Waals surface area contributed by atoms with Gasteiger partial charge in [0.05, 0.1) is 48.5 Å². The van der Waals surface area contributed by atoms with Crippen LogP contribution in [-0.4, -0.2) is 28.0 Å². The minimum atomic E-state index is -4.51. The molecule has 0 spiro atoms. The molecule has 0 fully saturated rings. The van der Waals surface area contributed by atoms with Crippen LogP contribution in [0.1, 0.15) is 29.4 Å². The van der Waals surface area contributed by atoms with Gasteiger partial charge in [0.1, 0.15) is 11.5 Å². The summed E-state index contributed by atoms with van der Waals surface area (Å²) in [4.78, 5) is 4.21. The topological polar surface area (TPSA) is 58.4 Å². The SMILES string of the molecule is COc1cc(-n2nc(Oc3ccc(C)nc3)c3c2C[C@@H](C)OC3)ccc1C(F)(F)F. The molecule has 3 heterocycles. The second kappa shape index (κ2) is 7.64. The number of rotatable bonds is 4. The third-order valence-electron chi connectivity index (χ3n) is 4.88. The van der Waals surface area contributed by atoms with Crippen LogP contribution in [-0.2, 0) is 23.9 Å². The number of benzene rings is 1. The normalized spacial score (nSPS) is 16.3. The van der Waals surface area contributed by atoms with Gasteiger partial charge in [0.15, 0.2) is 0 Å². The number of methoxy groups -OCH3 is 1. The molecule has 2 aromatic heterocycles. The molecule has 158 valence electrons. The molecule has 0 bridgehead atoms. The number of alkyl halides is 3. The molecule has 3 aromatic rings. The number of hydrogen-bond acceptors (Lipinski definition) is 5. The number of aromatic nitrogens is 3. The fourth-order valence-corrected chi connectivity index (χ4v) is 3.34. The van der Waals surface area contributed by atoms with Gasteiger partial charge in [-0.1, -0.05) is 0 Å². The van der Waals surface area contributed by atoms with E-state index < -0.39 is 11.7 Å². The van der Waals surface area contributed by atoms with Crippen LogP contribution in [0.25, 0.3) is 5.69 Å². The van der Waals surface area contributed by atoms with E-state index in [1.54, 1.807) is 16.9 Å². The molecule has 30 heavy (non-hydrogen) atoms. The molecule has 0 saturated carbocycles. The molecular formula is C21H20F3N3O3. The number of hydrogen-bond donors (Lipinski definition) is 0. The van der Waals surface area contributed by atoms with Crippen LogP contribution in [0.4, 0.5) is 13.2 Å². The third kappa shape index (κ3) is 3.85. The van der Waals surface area contributed by atoms with E-state index in [4.69, 9.17) is 14.2 Å². The van der Waals surface area contributed by atoms with Gasteiger partial charge < -0.3 is 14.2 Å². The number of ether oxygens (including phenoxy) is 3. The van der Waals surface area contributed by atoms with Gasteiger partial charge >= 0.3 is 6.18 Å². The van der Waals surface area contributed by atoms with Crippen LogP contribution in [0.5, 0.6) is 17.4 Å².